The Kier molecular flexibility index (Phi) is 8.73. The van der Waals surface area contributed by atoms with E-state index >= 15 is 0 Å². The molecule has 0 unspecified atom stereocenters. The second-order valence-corrected chi connectivity index (χ2v) is 6.33. The third-order valence-corrected chi connectivity index (χ3v) is 4.50. The Morgan fingerprint density at radius 1 is 1.26 bits per heavy atom. The van der Waals surface area contributed by atoms with Gasteiger partial charge in [-0.3, -0.25) is 4.99 Å². The summed E-state index contributed by atoms with van der Waals surface area (Å²) in [4.78, 5) is 4.34. The van der Waals surface area contributed by atoms with Gasteiger partial charge >= 0.3 is 0 Å². The Labute approximate surface area is 157 Å². The zero-order valence-corrected chi connectivity index (χ0v) is 17.0. The molecule has 1 aliphatic rings. The molecular weight excluding hydrogens is 401 g/mol. The number of hydrogen-bond acceptors (Lipinski definition) is 2. The van der Waals surface area contributed by atoms with E-state index in [4.69, 9.17) is 4.74 Å². The number of ether oxygens (including phenoxy) is 1. The molecule has 5 heteroatoms. The lowest BCUT2D eigenvalue weighted by Gasteiger charge is -2.28. The minimum absolute atomic E-state index is 0. The number of benzene rings is 1. The fourth-order valence-electron chi connectivity index (χ4n) is 3.03. The molecule has 23 heavy (non-hydrogen) atoms. The minimum Gasteiger partial charge on any atom is -0.496 e. The van der Waals surface area contributed by atoms with Crippen molar-refractivity contribution in [2.75, 3.05) is 14.2 Å². The highest BCUT2D eigenvalue weighted by atomic mass is 127. The van der Waals surface area contributed by atoms with Crippen molar-refractivity contribution in [1.82, 2.24) is 10.6 Å². The summed E-state index contributed by atoms with van der Waals surface area (Å²) < 4.78 is 5.30. The second-order valence-electron chi connectivity index (χ2n) is 6.33. The van der Waals surface area contributed by atoms with Gasteiger partial charge in [-0.1, -0.05) is 19.1 Å². The lowest BCUT2D eigenvalue weighted by Crippen LogP contribution is -2.44. The molecule has 0 aromatic heterocycles. The van der Waals surface area contributed by atoms with Crippen molar-refractivity contribution in [3.63, 3.8) is 0 Å². The van der Waals surface area contributed by atoms with E-state index in [1.54, 1.807) is 7.11 Å². The lowest BCUT2D eigenvalue weighted by atomic mass is 9.87. The van der Waals surface area contributed by atoms with E-state index in [2.05, 4.69) is 41.6 Å². The van der Waals surface area contributed by atoms with E-state index in [1.807, 2.05) is 13.1 Å². The van der Waals surface area contributed by atoms with E-state index < -0.39 is 0 Å². The highest BCUT2D eigenvalue weighted by Crippen LogP contribution is 2.23. The summed E-state index contributed by atoms with van der Waals surface area (Å²) in [5.74, 6) is 2.70. The van der Waals surface area contributed by atoms with Gasteiger partial charge < -0.3 is 15.4 Å². The summed E-state index contributed by atoms with van der Waals surface area (Å²) in [6.45, 7) is 5.18. The van der Waals surface area contributed by atoms with Crippen LogP contribution in [0, 0.1) is 12.8 Å². The molecule has 4 nitrogen and oxygen atoms in total. The Balaban J connectivity index is 0.00000264. The molecule has 0 spiro atoms. The van der Waals surface area contributed by atoms with E-state index in [0.29, 0.717) is 6.04 Å². The molecule has 0 heterocycles. The van der Waals surface area contributed by atoms with Crippen molar-refractivity contribution in [2.24, 2.45) is 10.9 Å². The van der Waals surface area contributed by atoms with Crippen molar-refractivity contribution in [2.45, 2.75) is 52.1 Å². The molecule has 0 saturated heterocycles. The van der Waals surface area contributed by atoms with E-state index in [1.165, 1.54) is 31.2 Å². The van der Waals surface area contributed by atoms with Crippen LogP contribution in [0.5, 0.6) is 5.75 Å². The highest BCUT2D eigenvalue weighted by Gasteiger charge is 2.18. The molecule has 0 radical (unpaired) electrons. The van der Waals surface area contributed by atoms with Gasteiger partial charge in [0.1, 0.15) is 5.75 Å². The number of nitrogens with one attached hydrogen (secondary N) is 2. The fraction of sp³-hybridized carbons (Fsp3) is 0.611. The Bertz CT molecular complexity index is 511. The van der Waals surface area contributed by atoms with Crippen LogP contribution in [0.4, 0.5) is 0 Å². The van der Waals surface area contributed by atoms with Gasteiger partial charge in [0.15, 0.2) is 5.96 Å². The van der Waals surface area contributed by atoms with E-state index in [-0.39, 0.29) is 24.0 Å². The molecule has 1 fully saturated rings. The van der Waals surface area contributed by atoms with Gasteiger partial charge in [-0.25, -0.2) is 0 Å². The van der Waals surface area contributed by atoms with Crippen molar-refractivity contribution in [3.8, 4) is 5.75 Å². The molecule has 1 aromatic carbocycles. The van der Waals surface area contributed by atoms with Crippen LogP contribution in [0.2, 0.25) is 0 Å². The van der Waals surface area contributed by atoms with Crippen molar-refractivity contribution < 1.29 is 4.74 Å². The predicted molar refractivity (Wildman–Crippen MR) is 108 cm³/mol. The van der Waals surface area contributed by atoms with Crippen LogP contribution in [0.1, 0.15) is 43.7 Å². The van der Waals surface area contributed by atoms with Crippen molar-refractivity contribution >= 4 is 29.9 Å². The molecule has 1 saturated carbocycles. The van der Waals surface area contributed by atoms with Gasteiger partial charge in [-0.05, 0) is 55.7 Å². The fourth-order valence-corrected chi connectivity index (χ4v) is 3.03. The summed E-state index contributed by atoms with van der Waals surface area (Å²) >= 11 is 0. The first-order valence-corrected chi connectivity index (χ1v) is 8.23. The average Bonchev–Trinajstić information content (AvgIpc) is 2.53. The molecule has 0 atom stereocenters. The van der Waals surface area contributed by atoms with Crippen LogP contribution >= 0.6 is 24.0 Å². The molecule has 0 aliphatic heterocycles. The maximum absolute atomic E-state index is 5.30. The standard InChI is InChI=1S/C18H29N3O.HI/c1-13-5-8-16(9-6-13)21-18(19-3)20-12-15-7-10-17(22-4)14(2)11-15;/h7,10-11,13,16H,5-6,8-9,12H2,1-4H3,(H2,19,20,21);1H. The van der Waals surface area contributed by atoms with Crippen LogP contribution < -0.4 is 15.4 Å². The predicted octanol–water partition coefficient (Wildman–Crippen LogP) is 3.87. The number of aliphatic imine (C=N–C) groups is 1. The van der Waals surface area contributed by atoms with Crippen molar-refractivity contribution in [1.29, 1.82) is 0 Å². The summed E-state index contributed by atoms with van der Waals surface area (Å²) in [6, 6.07) is 6.82. The maximum atomic E-state index is 5.30. The van der Waals surface area contributed by atoms with Gasteiger partial charge in [0.25, 0.3) is 0 Å². The summed E-state index contributed by atoms with van der Waals surface area (Å²) in [6.07, 6.45) is 5.10. The largest absolute Gasteiger partial charge is 0.496 e. The minimum atomic E-state index is 0. The summed E-state index contributed by atoms with van der Waals surface area (Å²) in [7, 11) is 3.54. The zero-order valence-electron chi connectivity index (χ0n) is 14.7. The molecule has 1 aliphatic carbocycles. The van der Waals surface area contributed by atoms with Crippen LogP contribution in [-0.4, -0.2) is 26.2 Å². The van der Waals surface area contributed by atoms with Crippen LogP contribution in [-0.2, 0) is 6.54 Å². The third-order valence-electron chi connectivity index (χ3n) is 4.50. The zero-order chi connectivity index (χ0) is 15.9. The Morgan fingerprint density at radius 3 is 2.52 bits per heavy atom. The monoisotopic (exact) mass is 431 g/mol. The number of guanidine groups is 1. The smallest absolute Gasteiger partial charge is 0.191 e. The molecule has 2 N–H and O–H groups in total. The van der Waals surface area contributed by atoms with Gasteiger partial charge in [0.2, 0.25) is 0 Å². The molecule has 0 bridgehead atoms. The topological polar surface area (TPSA) is 45.7 Å². The average molecular weight is 431 g/mol. The SMILES string of the molecule is CN=C(NCc1ccc(OC)c(C)c1)NC1CCC(C)CC1.I. The van der Waals surface area contributed by atoms with Crippen LogP contribution in [0.3, 0.4) is 0 Å². The number of aryl methyl sites for hydroxylation is 1. The lowest BCUT2D eigenvalue weighted by molar-refractivity contribution is 0.329. The van der Waals surface area contributed by atoms with E-state index in [0.717, 1.165) is 29.7 Å². The first-order chi connectivity index (χ1) is 10.6. The normalized spacial score (nSPS) is 21.3. The number of rotatable bonds is 4. The molecule has 1 aromatic rings. The number of halogens is 1. The maximum Gasteiger partial charge on any atom is 0.191 e. The molecule has 2 rings (SSSR count). The summed E-state index contributed by atoms with van der Waals surface area (Å²) in [5.41, 5.74) is 2.39. The highest BCUT2D eigenvalue weighted by molar-refractivity contribution is 14.0. The molecule has 130 valence electrons. The van der Waals surface area contributed by atoms with E-state index in [9.17, 15) is 0 Å². The quantitative estimate of drug-likeness (QED) is 0.432. The first kappa shape index (κ1) is 20.1. The number of nitrogens with zero attached hydrogens (tertiary/aromatic N) is 1. The Hall–Kier alpha value is -0.980. The van der Waals surface area contributed by atoms with Gasteiger partial charge in [-0.15, -0.1) is 24.0 Å². The number of methoxy groups -OCH3 is 1. The first-order valence-electron chi connectivity index (χ1n) is 8.23. The third kappa shape index (κ3) is 6.20. The molecule has 0 amide bonds. The van der Waals surface area contributed by atoms with Gasteiger partial charge in [-0.2, -0.15) is 0 Å². The van der Waals surface area contributed by atoms with Gasteiger partial charge in [0.05, 0.1) is 7.11 Å². The summed E-state index contributed by atoms with van der Waals surface area (Å²) in [5, 5.41) is 6.95. The van der Waals surface area contributed by atoms with Gasteiger partial charge in [0, 0.05) is 19.6 Å². The second kappa shape index (κ2) is 10.0. The number of hydrogen-bond donors (Lipinski definition) is 2. The van der Waals surface area contributed by atoms with Crippen molar-refractivity contribution in [3.05, 3.63) is 29.3 Å². The Morgan fingerprint density at radius 2 is 1.96 bits per heavy atom. The molecular formula is C18H30IN3O. The van der Waals surface area contributed by atoms with Crippen LogP contribution in [0.15, 0.2) is 23.2 Å². The van der Waals surface area contributed by atoms with Crippen LogP contribution in [0.25, 0.3) is 0 Å².